The van der Waals surface area contributed by atoms with E-state index in [2.05, 4.69) is 30.5 Å². The van der Waals surface area contributed by atoms with Crippen LogP contribution in [0.15, 0.2) is 22.4 Å². The van der Waals surface area contributed by atoms with E-state index in [1.807, 2.05) is 26.8 Å². The molecule has 0 aliphatic rings. The van der Waals surface area contributed by atoms with Crippen molar-refractivity contribution in [1.29, 1.82) is 0 Å². The predicted molar refractivity (Wildman–Crippen MR) is 94.7 cm³/mol. The van der Waals surface area contributed by atoms with Crippen molar-refractivity contribution in [2.24, 2.45) is 0 Å². The Hall–Kier alpha value is -2.81. The monoisotopic (exact) mass is 358 g/mol. The molecule has 1 atom stereocenters. The number of carbonyl (C=O) groups excluding carboxylic acids is 1. The van der Waals surface area contributed by atoms with Crippen molar-refractivity contribution < 1.29 is 4.79 Å². The largest absolute Gasteiger partial charge is 0.349 e. The van der Waals surface area contributed by atoms with Gasteiger partial charge in [-0.25, -0.2) is 9.97 Å². The number of rotatable bonds is 5. The summed E-state index contributed by atoms with van der Waals surface area (Å²) in [7, 11) is 0. The van der Waals surface area contributed by atoms with Crippen LogP contribution in [0.25, 0.3) is 11.5 Å². The van der Waals surface area contributed by atoms with E-state index in [0.29, 0.717) is 17.9 Å². The number of aryl methyl sites for hydroxylation is 2. The molecule has 0 aliphatic heterocycles. The third kappa shape index (κ3) is 4.00. The van der Waals surface area contributed by atoms with Gasteiger partial charge in [0.2, 0.25) is 0 Å². The zero-order valence-electron chi connectivity index (χ0n) is 14.1. The Morgan fingerprint density at radius 2 is 2.20 bits per heavy atom. The lowest BCUT2D eigenvalue weighted by molar-refractivity contribution is 0.0938. The molecule has 3 rings (SSSR count). The first kappa shape index (κ1) is 17.0. The van der Waals surface area contributed by atoms with Crippen molar-refractivity contribution in [3.8, 4) is 11.5 Å². The first-order valence-corrected chi connectivity index (χ1v) is 8.64. The van der Waals surface area contributed by atoms with Crippen LogP contribution < -0.4 is 10.9 Å². The molecular weight excluding hydrogens is 340 g/mol. The first-order valence-electron chi connectivity index (χ1n) is 7.76. The Morgan fingerprint density at radius 3 is 2.80 bits per heavy atom. The van der Waals surface area contributed by atoms with Gasteiger partial charge in [0, 0.05) is 29.7 Å². The van der Waals surface area contributed by atoms with Gasteiger partial charge < -0.3 is 10.3 Å². The highest BCUT2D eigenvalue weighted by Gasteiger charge is 2.16. The quantitative estimate of drug-likeness (QED) is 0.640. The maximum absolute atomic E-state index is 12.3. The molecule has 0 spiro atoms. The van der Waals surface area contributed by atoms with E-state index >= 15 is 0 Å². The number of carbonyl (C=O) groups is 1. The van der Waals surface area contributed by atoms with Crippen molar-refractivity contribution in [3.05, 3.63) is 50.0 Å². The summed E-state index contributed by atoms with van der Waals surface area (Å²) in [6.07, 6.45) is 1.85. The van der Waals surface area contributed by atoms with Crippen LogP contribution in [0.5, 0.6) is 0 Å². The number of nitrogens with one attached hydrogen (secondary N) is 3. The summed E-state index contributed by atoms with van der Waals surface area (Å²) in [5, 5.41) is 12.5. The highest BCUT2D eigenvalue weighted by atomic mass is 32.1. The smallest absolute Gasteiger partial charge is 0.264 e. The molecule has 3 heterocycles. The van der Waals surface area contributed by atoms with Gasteiger partial charge in [-0.1, -0.05) is 0 Å². The highest BCUT2D eigenvalue weighted by molar-refractivity contribution is 7.09. The van der Waals surface area contributed by atoms with Gasteiger partial charge in [-0.2, -0.15) is 5.10 Å². The lowest BCUT2D eigenvalue weighted by Crippen LogP contribution is -2.37. The van der Waals surface area contributed by atoms with Gasteiger partial charge in [-0.05, 0) is 26.8 Å². The van der Waals surface area contributed by atoms with Crippen molar-refractivity contribution >= 4 is 17.2 Å². The molecule has 0 aromatic carbocycles. The van der Waals surface area contributed by atoms with E-state index in [9.17, 15) is 9.59 Å². The minimum atomic E-state index is -0.490. The third-order valence-corrected chi connectivity index (χ3v) is 4.33. The van der Waals surface area contributed by atoms with E-state index in [-0.39, 0.29) is 11.6 Å². The van der Waals surface area contributed by atoms with Crippen LogP contribution in [0.3, 0.4) is 0 Å². The fourth-order valence-corrected chi connectivity index (χ4v) is 3.00. The van der Waals surface area contributed by atoms with Crippen molar-refractivity contribution in [2.45, 2.75) is 33.2 Å². The molecule has 0 radical (unpaired) electrons. The molecule has 3 N–H and O–H groups in total. The Kier molecular flexibility index (Phi) is 4.75. The number of hydrogen-bond acceptors (Lipinski definition) is 6. The summed E-state index contributed by atoms with van der Waals surface area (Å²) in [4.78, 5) is 35.5. The average molecular weight is 358 g/mol. The fraction of sp³-hybridized carbons (Fsp3) is 0.312. The van der Waals surface area contributed by atoms with Crippen LogP contribution in [-0.4, -0.2) is 37.1 Å². The fourth-order valence-electron chi connectivity index (χ4n) is 2.40. The molecule has 0 fully saturated rings. The maximum atomic E-state index is 12.3. The van der Waals surface area contributed by atoms with Gasteiger partial charge in [0.25, 0.3) is 11.5 Å². The zero-order chi connectivity index (χ0) is 18.0. The van der Waals surface area contributed by atoms with E-state index < -0.39 is 11.5 Å². The topological polar surface area (TPSA) is 116 Å². The summed E-state index contributed by atoms with van der Waals surface area (Å²) in [6.45, 7) is 5.64. The number of hydrogen-bond donors (Lipinski definition) is 3. The number of H-pyrrole nitrogens is 2. The molecule has 0 saturated heterocycles. The van der Waals surface area contributed by atoms with Crippen LogP contribution in [0.2, 0.25) is 0 Å². The number of amides is 1. The minimum absolute atomic E-state index is 0.0271. The summed E-state index contributed by atoms with van der Waals surface area (Å²) < 4.78 is 0. The van der Waals surface area contributed by atoms with Crippen molar-refractivity contribution in [1.82, 2.24) is 30.5 Å². The maximum Gasteiger partial charge on any atom is 0.264 e. The van der Waals surface area contributed by atoms with E-state index in [4.69, 9.17) is 0 Å². The van der Waals surface area contributed by atoms with Gasteiger partial charge in [0.1, 0.15) is 11.3 Å². The highest BCUT2D eigenvalue weighted by Crippen LogP contribution is 2.16. The molecule has 3 aromatic rings. The molecule has 1 unspecified atom stereocenters. The number of aromatic amines is 2. The lowest BCUT2D eigenvalue weighted by Gasteiger charge is -2.12. The SMILES string of the molecule is Cc1cc(CC(C)NC(=O)c2cnc(-c3csc(C)n3)[nH]c2=O)n[nH]1. The van der Waals surface area contributed by atoms with Gasteiger partial charge >= 0.3 is 0 Å². The molecular formula is C16H18N6O2S. The van der Waals surface area contributed by atoms with E-state index in [1.54, 1.807) is 5.38 Å². The average Bonchev–Trinajstić information content (AvgIpc) is 3.15. The summed E-state index contributed by atoms with van der Waals surface area (Å²) in [5.41, 5.74) is 1.89. The number of thiazole rings is 1. The molecule has 130 valence electrons. The summed E-state index contributed by atoms with van der Waals surface area (Å²) in [5.74, 6) is -0.111. The Labute approximate surface area is 147 Å². The molecule has 0 saturated carbocycles. The van der Waals surface area contributed by atoms with Crippen LogP contribution in [-0.2, 0) is 6.42 Å². The lowest BCUT2D eigenvalue weighted by atomic mass is 10.1. The van der Waals surface area contributed by atoms with E-state index in [0.717, 1.165) is 16.4 Å². The van der Waals surface area contributed by atoms with Crippen molar-refractivity contribution in [3.63, 3.8) is 0 Å². The predicted octanol–water partition coefficient (Wildman–Crippen LogP) is 1.59. The molecule has 25 heavy (non-hydrogen) atoms. The molecule has 9 heteroatoms. The van der Waals surface area contributed by atoms with Crippen LogP contribution >= 0.6 is 11.3 Å². The summed E-state index contributed by atoms with van der Waals surface area (Å²) in [6, 6.07) is 1.75. The second-order valence-electron chi connectivity index (χ2n) is 5.85. The normalized spacial score (nSPS) is 12.1. The van der Waals surface area contributed by atoms with Gasteiger partial charge in [-0.15, -0.1) is 11.3 Å². The second kappa shape index (κ2) is 6.98. The third-order valence-electron chi connectivity index (χ3n) is 3.56. The number of aromatic nitrogens is 5. The second-order valence-corrected chi connectivity index (χ2v) is 6.91. The van der Waals surface area contributed by atoms with Gasteiger partial charge in [0.15, 0.2) is 5.82 Å². The standard InChI is InChI=1S/C16H18N6O2S/c1-8(4-11-5-9(2)21-22-11)18-15(23)12-6-17-14(20-16(12)24)13-7-25-10(3)19-13/h5-8H,4H2,1-3H3,(H,18,23)(H,21,22)(H,17,20,24). The molecule has 8 nitrogen and oxygen atoms in total. The zero-order valence-corrected chi connectivity index (χ0v) is 14.9. The van der Waals surface area contributed by atoms with Crippen LogP contribution in [0.1, 0.15) is 33.7 Å². The van der Waals surface area contributed by atoms with Crippen molar-refractivity contribution in [2.75, 3.05) is 0 Å². The Morgan fingerprint density at radius 1 is 1.40 bits per heavy atom. The molecule has 0 bridgehead atoms. The van der Waals surface area contributed by atoms with Gasteiger partial charge in [0.05, 0.1) is 10.7 Å². The molecule has 0 aliphatic carbocycles. The minimum Gasteiger partial charge on any atom is -0.349 e. The Bertz CT molecular complexity index is 957. The van der Waals surface area contributed by atoms with E-state index in [1.165, 1.54) is 17.5 Å². The molecule has 1 amide bonds. The number of nitrogens with zero attached hydrogens (tertiary/aromatic N) is 3. The molecule has 3 aromatic heterocycles. The first-order chi connectivity index (χ1) is 11.9. The van der Waals surface area contributed by atoms with Crippen LogP contribution in [0, 0.1) is 13.8 Å². The van der Waals surface area contributed by atoms with Crippen LogP contribution in [0.4, 0.5) is 0 Å². The van der Waals surface area contributed by atoms with Gasteiger partial charge in [-0.3, -0.25) is 14.7 Å². The Balaban J connectivity index is 1.70. The summed E-state index contributed by atoms with van der Waals surface area (Å²) >= 11 is 1.47.